The third kappa shape index (κ3) is 3.05. The summed E-state index contributed by atoms with van der Waals surface area (Å²) in [6.45, 7) is 0. The number of aromatic nitrogens is 1. The van der Waals surface area contributed by atoms with Gasteiger partial charge in [0.1, 0.15) is 0 Å². The van der Waals surface area contributed by atoms with Crippen molar-refractivity contribution in [2.45, 2.75) is 14.8 Å². The van der Waals surface area contributed by atoms with Crippen molar-refractivity contribution < 1.29 is 4.74 Å². The van der Waals surface area contributed by atoms with Gasteiger partial charge < -0.3 is 0 Å². The first kappa shape index (κ1) is 13.4. The average Bonchev–Trinajstić information content (AvgIpc) is 2.38. The standard InChI is InChI=1S/C12H10NO.3CH3.Sn/c1-14-12-6-2-4-10(8-12)11-5-3-7-13-9-11;;;;/h2-6,8-9H,1H3;3*1H3;. The fraction of sp³-hybridized carbons (Fsp3) is 0.267. The van der Waals surface area contributed by atoms with Gasteiger partial charge in [0.15, 0.2) is 0 Å². The summed E-state index contributed by atoms with van der Waals surface area (Å²) in [6, 6.07) is 12.4. The van der Waals surface area contributed by atoms with E-state index in [1.807, 2.05) is 24.4 Å². The quantitative estimate of drug-likeness (QED) is 0.795. The fourth-order valence-corrected chi connectivity index (χ4v) is 4.77. The van der Waals surface area contributed by atoms with Crippen LogP contribution in [0.4, 0.5) is 0 Å². The molecular weight excluding hydrogens is 329 g/mol. The van der Waals surface area contributed by atoms with Crippen LogP contribution in [0.5, 0.6) is 5.75 Å². The average molecular weight is 348 g/mol. The molecule has 0 saturated heterocycles. The summed E-state index contributed by atoms with van der Waals surface area (Å²) in [5.41, 5.74) is 2.30. The van der Waals surface area contributed by atoms with Gasteiger partial charge in [0.05, 0.1) is 0 Å². The molecule has 2 rings (SSSR count). The van der Waals surface area contributed by atoms with Crippen LogP contribution >= 0.6 is 0 Å². The van der Waals surface area contributed by atoms with Crippen LogP contribution in [0.2, 0.25) is 14.8 Å². The predicted molar refractivity (Wildman–Crippen MR) is 79.2 cm³/mol. The Morgan fingerprint density at radius 1 is 1.00 bits per heavy atom. The Hall–Kier alpha value is -1.03. The molecule has 0 N–H and O–H groups in total. The molecular formula is C15H19NOSn. The minimum atomic E-state index is -2.03. The number of hydrogen-bond donors (Lipinski definition) is 0. The molecule has 0 aliphatic rings. The van der Waals surface area contributed by atoms with Crippen LogP contribution in [0.1, 0.15) is 0 Å². The van der Waals surface area contributed by atoms with E-state index in [-0.39, 0.29) is 0 Å². The van der Waals surface area contributed by atoms with E-state index in [1.54, 1.807) is 7.11 Å². The molecule has 3 heteroatoms. The molecule has 94 valence electrons. The Morgan fingerprint density at radius 3 is 2.33 bits per heavy atom. The SMILES string of the molecule is COc1cccc(-c2cc[c]([Sn]([CH3])([CH3])[CH3])nc2)c1. The summed E-state index contributed by atoms with van der Waals surface area (Å²) in [6.07, 6.45) is 1.98. The zero-order chi connectivity index (χ0) is 13.2. The molecule has 1 aromatic heterocycles. The molecule has 0 radical (unpaired) electrons. The van der Waals surface area contributed by atoms with Crippen molar-refractivity contribution >= 4 is 22.1 Å². The first-order valence-corrected chi connectivity index (χ1v) is 16.1. The third-order valence-electron chi connectivity index (χ3n) is 2.93. The number of nitrogens with zero attached hydrogens (tertiary/aromatic N) is 1. The maximum absolute atomic E-state index is 5.24. The number of methoxy groups -OCH3 is 1. The minimum absolute atomic E-state index is 0.881. The van der Waals surface area contributed by atoms with Gasteiger partial charge in [-0.15, -0.1) is 0 Å². The molecule has 0 aliphatic carbocycles. The molecule has 0 atom stereocenters. The molecule has 18 heavy (non-hydrogen) atoms. The van der Waals surface area contributed by atoms with Crippen molar-refractivity contribution in [3.63, 3.8) is 0 Å². The van der Waals surface area contributed by atoms with E-state index in [4.69, 9.17) is 4.74 Å². The second-order valence-electron chi connectivity index (χ2n) is 5.41. The van der Waals surface area contributed by atoms with E-state index in [2.05, 4.69) is 38.0 Å². The Bertz CT molecular complexity index is 529. The van der Waals surface area contributed by atoms with E-state index in [0.717, 1.165) is 16.9 Å². The monoisotopic (exact) mass is 349 g/mol. The van der Waals surface area contributed by atoms with Crippen LogP contribution in [-0.2, 0) is 0 Å². The molecule has 0 unspecified atom stereocenters. The van der Waals surface area contributed by atoms with E-state index in [1.165, 1.54) is 3.71 Å². The molecule has 1 aromatic carbocycles. The summed E-state index contributed by atoms with van der Waals surface area (Å²) in [4.78, 5) is 11.8. The van der Waals surface area contributed by atoms with Crippen molar-refractivity contribution in [1.29, 1.82) is 0 Å². The molecule has 0 spiro atoms. The summed E-state index contributed by atoms with van der Waals surface area (Å²) in [7, 11) is 1.69. The van der Waals surface area contributed by atoms with Gasteiger partial charge in [0.2, 0.25) is 0 Å². The number of ether oxygens (including phenoxy) is 1. The van der Waals surface area contributed by atoms with Crippen molar-refractivity contribution in [2.75, 3.05) is 7.11 Å². The molecule has 0 saturated carbocycles. The number of benzene rings is 1. The van der Waals surface area contributed by atoms with Crippen LogP contribution in [0.15, 0.2) is 42.6 Å². The molecule has 0 amide bonds. The second kappa shape index (κ2) is 5.31. The van der Waals surface area contributed by atoms with E-state index in [0.29, 0.717) is 0 Å². The number of rotatable bonds is 3. The summed E-state index contributed by atoms with van der Waals surface area (Å²) in [5.74, 6) is 0.881. The van der Waals surface area contributed by atoms with Gasteiger partial charge in [0.25, 0.3) is 0 Å². The first-order valence-electron chi connectivity index (χ1n) is 6.11. The summed E-state index contributed by atoms with van der Waals surface area (Å²) >= 11 is -2.03. The molecule has 2 nitrogen and oxygen atoms in total. The van der Waals surface area contributed by atoms with Crippen LogP contribution < -0.4 is 8.45 Å². The Labute approximate surface area is 113 Å². The molecule has 2 aromatic rings. The predicted octanol–water partition coefficient (Wildman–Crippen LogP) is 3.30. The zero-order valence-corrected chi connectivity index (χ0v) is 14.3. The van der Waals surface area contributed by atoms with Crippen molar-refractivity contribution in [3.8, 4) is 16.9 Å². The van der Waals surface area contributed by atoms with Crippen LogP contribution in [-0.4, -0.2) is 30.5 Å². The number of hydrogen-bond acceptors (Lipinski definition) is 2. The molecule has 0 fully saturated rings. The Kier molecular flexibility index (Phi) is 3.95. The van der Waals surface area contributed by atoms with Crippen LogP contribution in [0.25, 0.3) is 11.1 Å². The van der Waals surface area contributed by atoms with Gasteiger partial charge in [-0.1, -0.05) is 0 Å². The Morgan fingerprint density at radius 2 is 1.78 bits per heavy atom. The van der Waals surface area contributed by atoms with Gasteiger partial charge in [-0.05, 0) is 0 Å². The second-order valence-corrected chi connectivity index (χ2v) is 19.7. The van der Waals surface area contributed by atoms with Gasteiger partial charge in [-0.3, -0.25) is 0 Å². The topological polar surface area (TPSA) is 22.1 Å². The first-order chi connectivity index (χ1) is 8.50. The third-order valence-corrected chi connectivity index (χ3v) is 8.17. The van der Waals surface area contributed by atoms with Crippen LogP contribution in [0, 0.1) is 0 Å². The van der Waals surface area contributed by atoms with Crippen molar-refractivity contribution in [3.05, 3.63) is 42.6 Å². The molecule has 1 heterocycles. The van der Waals surface area contributed by atoms with Crippen molar-refractivity contribution in [2.24, 2.45) is 0 Å². The maximum atomic E-state index is 5.24. The zero-order valence-electron chi connectivity index (χ0n) is 11.4. The summed E-state index contributed by atoms with van der Waals surface area (Å²) < 4.78 is 6.56. The normalized spacial score (nSPS) is 11.3. The Balaban J connectivity index is 2.34. The fourth-order valence-electron chi connectivity index (χ4n) is 1.81. The van der Waals surface area contributed by atoms with E-state index in [9.17, 15) is 0 Å². The van der Waals surface area contributed by atoms with Gasteiger partial charge in [-0.2, -0.15) is 0 Å². The van der Waals surface area contributed by atoms with Crippen molar-refractivity contribution in [1.82, 2.24) is 4.98 Å². The van der Waals surface area contributed by atoms with Gasteiger partial charge >= 0.3 is 113 Å². The summed E-state index contributed by atoms with van der Waals surface area (Å²) in [5, 5.41) is 0. The van der Waals surface area contributed by atoms with Crippen LogP contribution in [0.3, 0.4) is 0 Å². The number of pyridine rings is 1. The van der Waals surface area contributed by atoms with E-state index >= 15 is 0 Å². The van der Waals surface area contributed by atoms with Gasteiger partial charge in [0, 0.05) is 0 Å². The molecule has 0 bridgehead atoms. The van der Waals surface area contributed by atoms with E-state index < -0.39 is 18.4 Å². The van der Waals surface area contributed by atoms with Gasteiger partial charge in [-0.25, -0.2) is 0 Å². The molecule has 0 aliphatic heterocycles.